The summed E-state index contributed by atoms with van der Waals surface area (Å²) in [6, 6.07) is 2.03. The van der Waals surface area contributed by atoms with E-state index >= 15 is 0 Å². The third kappa shape index (κ3) is 5.04. The number of hydrogen-bond acceptors (Lipinski definition) is 5. The van der Waals surface area contributed by atoms with Crippen molar-refractivity contribution in [3.05, 3.63) is 21.4 Å². The van der Waals surface area contributed by atoms with Gasteiger partial charge in [0.05, 0.1) is 0 Å². The highest BCUT2D eigenvalue weighted by Crippen LogP contribution is 2.23. The second kappa shape index (κ2) is 8.45. The molecule has 0 aromatic carbocycles. The van der Waals surface area contributed by atoms with Crippen molar-refractivity contribution < 1.29 is 14.3 Å². The van der Waals surface area contributed by atoms with Crippen molar-refractivity contribution in [2.75, 3.05) is 26.2 Å². The number of nitrogens with one attached hydrogen (secondary N) is 1. The first-order valence-corrected chi connectivity index (χ1v) is 9.13. The highest BCUT2D eigenvalue weighted by atomic mass is 32.1. The number of amides is 1. The molecule has 6 heteroatoms. The molecule has 1 aliphatic rings. The van der Waals surface area contributed by atoms with Crippen LogP contribution >= 0.6 is 11.3 Å². The number of hydrogen-bond donors (Lipinski definition) is 1. The molecule has 0 atom stereocenters. The third-order valence-electron chi connectivity index (χ3n) is 4.28. The van der Waals surface area contributed by atoms with E-state index < -0.39 is 5.97 Å². The molecule has 0 spiro atoms. The van der Waals surface area contributed by atoms with Gasteiger partial charge in [-0.25, -0.2) is 4.79 Å². The van der Waals surface area contributed by atoms with Gasteiger partial charge in [0.25, 0.3) is 5.91 Å². The van der Waals surface area contributed by atoms with Gasteiger partial charge < -0.3 is 15.0 Å². The van der Waals surface area contributed by atoms with Crippen molar-refractivity contribution in [2.45, 2.75) is 46.1 Å². The predicted molar refractivity (Wildman–Crippen MR) is 92.0 cm³/mol. The molecule has 1 amide bonds. The highest BCUT2D eigenvalue weighted by molar-refractivity contribution is 7.14. The Hall–Kier alpha value is -1.40. The number of carbonyl (C=O) groups excluding carboxylic acids is 2. The zero-order valence-corrected chi connectivity index (χ0v) is 15.0. The molecule has 1 aromatic rings. The zero-order chi connectivity index (χ0) is 16.8. The molecular formula is C17H26N2O3S. The molecule has 128 valence electrons. The zero-order valence-electron chi connectivity index (χ0n) is 14.2. The van der Waals surface area contributed by atoms with Gasteiger partial charge in [0, 0.05) is 24.0 Å². The second-order valence-corrected chi connectivity index (χ2v) is 7.06. The minimum Gasteiger partial charge on any atom is -0.451 e. The smallest absolute Gasteiger partial charge is 0.348 e. The summed E-state index contributed by atoms with van der Waals surface area (Å²) in [7, 11) is 0. The normalized spacial score (nSPS) is 16.3. The van der Waals surface area contributed by atoms with E-state index in [0.29, 0.717) is 4.88 Å². The number of aryl methyl sites for hydroxylation is 2. The van der Waals surface area contributed by atoms with Crippen LogP contribution in [0.25, 0.3) is 0 Å². The SMILES string of the molecule is CCc1sc(C(=O)OCC(=O)NC2CCN(CC)CC2)cc1C. The minimum absolute atomic E-state index is 0.194. The van der Waals surface area contributed by atoms with E-state index in [2.05, 4.69) is 24.1 Å². The maximum absolute atomic E-state index is 12.0. The molecule has 1 aliphatic heterocycles. The number of esters is 1. The van der Waals surface area contributed by atoms with Gasteiger partial charge in [-0.3, -0.25) is 4.79 Å². The van der Waals surface area contributed by atoms with Crippen LogP contribution in [0.15, 0.2) is 6.07 Å². The summed E-state index contributed by atoms with van der Waals surface area (Å²) in [4.78, 5) is 28.1. The highest BCUT2D eigenvalue weighted by Gasteiger charge is 2.20. The molecule has 1 aromatic heterocycles. The third-order valence-corrected chi connectivity index (χ3v) is 5.64. The molecule has 1 N–H and O–H groups in total. The molecule has 5 nitrogen and oxygen atoms in total. The molecule has 2 heterocycles. The molecule has 0 aliphatic carbocycles. The molecule has 1 saturated heterocycles. The summed E-state index contributed by atoms with van der Waals surface area (Å²) in [5.74, 6) is -0.619. The standard InChI is InChI=1S/C17H26N2O3S/c1-4-14-12(3)10-15(23-14)17(21)22-11-16(20)18-13-6-8-19(5-2)9-7-13/h10,13H,4-9,11H2,1-3H3,(H,18,20). The van der Waals surface area contributed by atoms with E-state index in [1.165, 1.54) is 16.2 Å². The fraction of sp³-hybridized carbons (Fsp3) is 0.647. The van der Waals surface area contributed by atoms with Gasteiger partial charge in [0.1, 0.15) is 4.88 Å². The molecule has 1 fully saturated rings. The first kappa shape index (κ1) is 17.9. The number of ether oxygens (including phenoxy) is 1. The number of rotatable bonds is 6. The van der Waals surface area contributed by atoms with Crippen LogP contribution in [0.1, 0.15) is 46.8 Å². The molecule has 2 rings (SSSR count). The van der Waals surface area contributed by atoms with Crippen LogP contribution in [0.5, 0.6) is 0 Å². The summed E-state index contributed by atoms with van der Waals surface area (Å²) in [5, 5.41) is 2.96. The summed E-state index contributed by atoms with van der Waals surface area (Å²) >= 11 is 1.45. The maximum atomic E-state index is 12.0. The fourth-order valence-electron chi connectivity index (χ4n) is 2.84. The lowest BCUT2D eigenvalue weighted by atomic mass is 10.1. The van der Waals surface area contributed by atoms with Gasteiger partial charge >= 0.3 is 5.97 Å². The lowest BCUT2D eigenvalue weighted by molar-refractivity contribution is -0.125. The van der Waals surface area contributed by atoms with Crippen LogP contribution in [-0.4, -0.2) is 49.1 Å². The average molecular weight is 338 g/mol. The molecule has 0 radical (unpaired) electrons. The largest absolute Gasteiger partial charge is 0.451 e. The van der Waals surface area contributed by atoms with Gasteiger partial charge in [-0.2, -0.15) is 0 Å². The summed E-state index contributed by atoms with van der Waals surface area (Å²) in [6.07, 6.45) is 2.82. The van der Waals surface area contributed by atoms with Crippen molar-refractivity contribution in [1.29, 1.82) is 0 Å². The first-order valence-electron chi connectivity index (χ1n) is 8.31. The van der Waals surface area contributed by atoms with E-state index in [1.807, 2.05) is 13.0 Å². The summed E-state index contributed by atoms with van der Waals surface area (Å²) in [5.41, 5.74) is 1.11. The van der Waals surface area contributed by atoms with Crippen LogP contribution in [-0.2, 0) is 16.0 Å². The van der Waals surface area contributed by atoms with Crippen LogP contribution in [0.3, 0.4) is 0 Å². The number of piperidine rings is 1. The number of carbonyl (C=O) groups is 2. The Morgan fingerprint density at radius 2 is 2.04 bits per heavy atom. The van der Waals surface area contributed by atoms with E-state index in [0.717, 1.165) is 44.5 Å². The number of thiophene rings is 1. The minimum atomic E-state index is -0.409. The van der Waals surface area contributed by atoms with Gasteiger partial charge in [0.15, 0.2) is 6.61 Å². The Morgan fingerprint density at radius 1 is 1.35 bits per heavy atom. The van der Waals surface area contributed by atoms with Gasteiger partial charge in [-0.15, -0.1) is 11.3 Å². The van der Waals surface area contributed by atoms with E-state index in [9.17, 15) is 9.59 Å². The van der Waals surface area contributed by atoms with Crippen LogP contribution in [0.4, 0.5) is 0 Å². The fourth-order valence-corrected chi connectivity index (χ4v) is 3.84. The summed E-state index contributed by atoms with van der Waals surface area (Å²) in [6.45, 7) is 9.07. The Balaban J connectivity index is 1.74. The van der Waals surface area contributed by atoms with Crippen molar-refractivity contribution in [2.24, 2.45) is 0 Å². The van der Waals surface area contributed by atoms with E-state index in [-0.39, 0.29) is 18.6 Å². The average Bonchev–Trinajstić information content (AvgIpc) is 2.94. The van der Waals surface area contributed by atoms with Crippen LogP contribution < -0.4 is 5.32 Å². The lowest BCUT2D eigenvalue weighted by Crippen LogP contribution is -2.45. The molecule has 0 saturated carbocycles. The second-order valence-electron chi connectivity index (χ2n) is 5.92. The monoisotopic (exact) mass is 338 g/mol. The molecular weight excluding hydrogens is 312 g/mol. The number of likely N-dealkylation sites (tertiary alicyclic amines) is 1. The quantitative estimate of drug-likeness (QED) is 0.809. The van der Waals surface area contributed by atoms with Crippen molar-refractivity contribution in [1.82, 2.24) is 10.2 Å². The van der Waals surface area contributed by atoms with Crippen LogP contribution in [0.2, 0.25) is 0 Å². The Kier molecular flexibility index (Phi) is 6.59. The van der Waals surface area contributed by atoms with Crippen molar-refractivity contribution in [3.63, 3.8) is 0 Å². The van der Waals surface area contributed by atoms with Gasteiger partial charge in [0.2, 0.25) is 0 Å². The molecule has 23 heavy (non-hydrogen) atoms. The predicted octanol–water partition coefficient (Wildman–Crippen LogP) is 2.38. The Labute approximate surface area is 142 Å². The lowest BCUT2D eigenvalue weighted by Gasteiger charge is -2.31. The van der Waals surface area contributed by atoms with E-state index in [1.54, 1.807) is 0 Å². The first-order chi connectivity index (χ1) is 11.0. The van der Waals surface area contributed by atoms with Crippen molar-refractivity contribution >= 4 is 23.2 Å². The maximum Gasteiger partial charge on any atom is 0.348 e. The van der Waals surface area contributed by atoms with Gasteiger partial charge in [-0.05, 0) is 44.4 Å². The number of nitrogens with zero attached hydrogens (tertiary/aromatic N) is 1. The molecule has 0 bridgehead atoms. The Morgan fingerprint density at radius 3 is 2.61 bits per heavy atom. The summed E-state index contributed by atoms with van der Waals surface area (Å²) < 4.78 is 5.14. The van der Waals surface area contributed by atoms with E-state index in [4.69, 9.17) is 4.74 Å². The van der Waals surface area contributed by atoms with Crippen molar-refractivity contribution in [3.8, 4) is 0 Å². The molecule has 0 unspecified atom stereocenters. The Bertz CT molecular complexity index is 548. The van der Waals surface area contributed by atoms with Gasteiger partial charge in [-0.1, -0.05) is 13.8 Å². The van der Waals surface area contributed by atoms with Crippen LogP contribution in [0, 0.1) is 6.92 Å². The topological polar surface area (TPSA) is 58.6 Å².